The van der Waals surface area contributed by atoms with Gasteiger partial charge in [0, 0.05) is 0 Å². The molecule has 0 aliphatic carbocycles. The Bertz CT molecular complexity index is 394. The van der Waals surface area contributed by atoms with E-state index in [1.54, 1.807) is 0 Å². The molecule has 6 nitrogen and oxygen atoms in total. The van der Waals surface area contributed by atoms with Crippen LogP contribution in [0.1, 0.15) is 11.1 Å². The summed E-state index contributed by atoms with van der Waals surface area (Å²) in [6.45, 7) is 24.6. The molecule has 0 aromatic heterocycles. The van der Waals surface area contributed by atoms with Crippen LogP contribution in [-0.2, 0) is 42.6 Å². The van der Waals surface area contributed by atoms with Gasteiger partial charge in [-0.2, -0.15) is 0 Å². The fourth-order valence-corrected chi connectivity index (χ4v) is 1.21. The number of aryl methyl sites for hydroxylation is 1. The molecule has 7 heteroatoms. The molecule has 0 spiro atoms. The second kappa shape index (κ2) is 36.0. The zero-order valence-corrected chi connectivity index (χ0v) is 13.3. The summed E-state index contributed by atoms with van der Waals surface area (Å²) in [6.07, 6.45) is 0. The molecule has 0 heterocycles. The van der Waals surface area contributed by atoms with E-state index in [4.69, 9.17) is 29.0 Å². The number of hydrogen-bond acceptors (Lipinski definition) is 1. The van der Waals surface area contributed by atoms with Gasteiger partial charge in [0.1, 0.15) is 0 Å². The average molecular weight is 443 g/mol. The molecule has 1 rings (SSSR count). The first kappa shape index (κ1) is 31.0. The molecule has 0 atom stereocenters. The fraction of sp³-hybridized carbons (Fsp3) is 0.0769. The van der Waals surface area contributed by atoms with E-state index in [0.29, 0.717) is 0 Å². The molecule has 0 aliphatic rings. The third kappa shape index (κ3) is 25.3. The molecule has 0 fully saturated rings. The summed E-state index contributed by atoms with van der Waals surface area (Å²) < 4.78 is 38.5. The molecule has 1 aromatic carbocycles. The van der Waals surface area contributed by atoms with Gasteiger partial charge in [0.05, 0.1) is 0 Å². The topological polar surface area (TPSA) is 126 Å². The van der Waals surface area contributed by atoms with Crippen molar-refractivity contribution in [2.75, 3.05) is 0 Å². The van der Waals surface area contributed by atoms with Crippen molar-refractivity contribution in [2.45, 2.75) is 6.92 Å². The normalized spacial score (nSPS) is 5.20. The summed E-state index contributed by atoms with van der Waals surface area (Å²) in [4.78, 5) is 0. The third-order valence-electron chi connectivity index (χ3n) is 1.34. The van der Waals surface area contributed by atoms with Gasteiger partial charge in [-0.25, -0.2) is 0 Å². The van der Waals surface area contributed by atoms with E-state index < -0.39 is 0 Å². The second-order valence-electron chi connectivity index (χ2n) is 2.23. The van der Waals surface area contributed by atoms with Crippen LogP contribution in [0.5, 0.6) is 0 Å². The van der Waals surface area contributed by atoms with Gasteiger partial charge < -0.3 is 0 Å². The molecule has 0 radical (unpaired) electrons. The Morgan fingerprint density at radius 1 is 0.800 bits per heavy atom. The summed E-state index contributed by atoms with van der Waals surface area (Å²) in [6, 6.07) is 8.26. The number of hydrogen-bond donors (Lipinski definition) is 1. The van der Waals surface area contributed by atoms with Crippen molar-refractivity contribution in [1.29, 1.82) is 0 Å². The fourth-order valence-electron chi connectivity index (χ4n) is 0.718. The molecule has 0 bridgehead atoms. The summed E-state index contributed by atoms with van der Waals surface area (Å²) in [7, 11) is 0. The van der Waals surface area contributed by atoms with E-state index in [9.17, 15) is 0 Å². The molecule has 20 heavy (non-hydrogen) atoms. The van der Waals surface area contributed by atoms with E-state index in [1.807, 2.05) is 0 Å². The average Bonchev–Trinajstić information content (AvgIpc) is 2.57. The predicted octanol–water partition coefficient (Wildman–Crippen LogP) is 0.791. The van der Waals surface area contributed by atoms with E-state index in [-0.39, 0.29) is 0 Å². The molecule has 2 N–H and O–H groups in total. The van der Waals surface area contributed by atoms with Crippen LogP contribution in [0.3, 0.4) is 0 Å². The van der Waals surface area contributed by atoms with Gasteiger partial charge >= 0.3 is 128 Å². The van der Waals surface area contributed by atoms with E-state index in [0.717, 1.165) is 9.59 Å². The first-order valence-electron chi connectivity index (χ1n) is 4.08. The quantitative estimate of drug-likeness (QED) is 0.501. The van der Waals surface area contributed by atoms with Gasteiger partial charge in [-0.1, -0.05) is 0 Å². The SMILES string of the molecule is Cc1ccc([C](N)=[W])cc1.[C-]#[O+].[C-]#[O+].[C-]#[O+].[C-]#[O+].[C-]#[O+]. The van der Waals surface area contributed by atoms with Gasteiger partial charge in [0.2, 0.25) is 0 Å². The molecular weight excluding hydrogens is 434 g/mol. The maximum absolute atomic E-state index is 7.50. The third-order valence-corrected chi connectivity index (χ3v) is 2.18. The van der Waals surface area contributed by atoms with Crippen molar-refractivity contribution in [2.24, 2.45) is 5.73 Å². The van der Waals surface area contributed by atoms with Crippen molar-refractivity contribution in [3.63, 3.8) is 0 Å². The van der Waals surface area contributed by atoms with Crippen LogP contribution >= 0.6 is 0 Å². The standard InChI is InChI=1S/C8H9N.5CO.W/c1-7-2-4-8(6-9)5-3-7;5*1-2;/h2-5H,9H2,1H3;;;;;;. The van der Waals surface area contributed by atoms with E-state index in [2.05, 4.69) is 64.4 Å². The second-order valence-corrected chi connectivity index (χ2v) is 3.81. The monoisotopic (exact) mass is 443 g/mol. The summed E-state index contributed by atoms with van der Waals surface area (Å²) in [5.74, 6) is 0. The Labute approximate surface area is 128 Å². The number of nitrogens with two attached hydrogens (primary N) is 1. The van der Waals surface area contributed by atoms with E-state index in [1.165, 1.54) is 24.9 Å². The molecule has 1 aromatic rings. The Kier molecular flexibility index (Phi) is 55.9. The van der Waals surface area contributed by atoms with Crippen molar-refractivity contribution in [1.82, 2.24) is 0 Å². The van der Waals surface area contributed by atoms with Crippen LogP contribution in [0.25, 0.3) is 0 Å². The van der Waals surface area contributed by atoms with Crippen LogP contribution in [0.4, 0.5) is 0 Å². The summed E-state index contributed by atoms with van der Waals surface area (Å²) in [5, 5.41) is 0. The first-order valence-corrected chi connectivity index (χ1v) is 5.55. The Balaban J connectivity index is -0.0000000639. The van der Waals surface area contributed by atoms with Crippen molar-refractivity contribution < 1.29 is 42.6 Å². The van der Waals surface area contributed by atoms with Crippen LogP contribution in [0.2, 0.25) is 0 Å². The Morgan fingerprint density at radius 3 is 1.25 bits per heavy atom. The van der Waals surface area contributed by atoms with Gasteiger partial charge in [0.15, 0.2) is 0 Å². The molecule has 0 aliphatic heterocycles. The summed E-state index contributed by atoms with van der Waals surface area (Å²) in [5.41, 5.74) is 8.05. The number of rotatable bonds is 1. The minimum absolute atomic E-state index is 0.958. The number of benzene rings is 1. The zero-order chi connectivity index (χ0) is 17.6. The minimum atomic E-state index is 0.958. The van der Waals surface area contributed by atoms with Gasteiger partial charge in [-0.15, -0.1) is 0 Å². The molecule has 102 valence electrons. The Morgan fingerprint density at radius 2 is 1.05 bits per heavy atom. The van der Waals surface area contributed by atoms with Gasteiger partial charge in [-0.05, 0) is 0 Å². The molecule has 0 unspecified atom stereocenters. The molecule has 0 amide bonds. The maximum atomic E-state index is 7.50. The van der Waals surface area contributed by atoms with Crippen LogP contribution in [0, 0.1) is 40.2 Å². The predicted molar refractivity (Wildman–Crippen MR) is 59.1 cm³/mol. The van der Waals surface area contributed by atoms with Crippen LogP contribution in [0.15, 0.2) is 24.3 Å². The van der Waals surface area contributed by atoms with Crippen LogP contribution < -0.4 is 5.73 Å². The first-order chi connectivity index (χ1) is 9.70. The molecular formula is C13H9NO5W. The van der Waals surface area contributed by atoms with Crippen molar-refractivity contribution in [3.8, 4) is 0 Å². The van der Waals surface area contributed by atoms with Gasteiger partial charge in [-0.3, -0.25) is 0 Å². The van der Waals surface area contributed by atoms with Crippen LogP contribution in [-0.4, -0.2) is 4.02 Å². The zero-order valence-electron chi connectivity index (χ0n) is 10.3. The Hall–Kier alpha value is -1.56. The summed E-state index contributed by atoms with van der Waals surface area (Å²) >= 11 is 1.33. The van der Waals surface area contributed by atoms with Crippen molar-refractivity contribution in [3.05, 3.63) is 68.6 Å². The van der Waals surface area contributed by atoms with Crippen molar-refractivity contribution >= 4 is 4.02 Å². The molecule has 0 saturated heterocycles. The van der Waals surface area contributed by atoms with Gasteiger partial charge in [0.25, 0.3) is 0 Å². The van der Waals surface area contributed by atoms with E-state index >= 15 is 0 Å². The molecule has 0 saturated carbocycles.